The molecular weight excluding hydrogens is 331 g/mol. The van der Waals surface area contributed by atoms with Crippen LogP contribution < -0.4 is 9.83 Å². The van der Waals surface area contributed by atoms with Crippen LogP contribution in [0.15, 0.2) is 60.7 Å². The lowest BCUT2D eigenvalue weighted by Crippen LogP contribution is -2.25. The molecule has 0 spiro atoms. The van der Waals surface area contributed by atoms with Gasteiger partial charge in [0.1, 0.15) is 5.75 Å². The predicted molar refractivity (Wildman–Crippen MR) is 89.0 cm³/mol. The highest BCUT2D eigenvalue weighted by Crippen LogP contribution is 2.48. The first kappa shape index (κ1) is 17.8. The number of carboxylic acid groups (broad SMARTS) is 2. The van der Waals surface area contributed by atoms with Gasteiger partial charge in [0.05, 0.1) is 18.5 Å². The van der Waals surface area contributed by atoms with Crippen LogP contribution in [0.25, 0.3) is 0 Å². The van der Waals surface area contributed by atoms with Gasteiger partial charge in [-0.3, -0.25) is 14.2 Å². The fraction of sp³-hybridized carbons (Fsp3) is 0.176. The van der Waals surface area contributed by atoms with Crippen LogP contribution in [-0.2, 0) is 14.2 Å². The van der Waals surface area contributed by atoms with Gasteiger partial charge in [0.15, 0.2) is 0 Å². The van der Waals surface area contributed by atoms with Gasteiger partial charge >= 0.3 is 11.9 Å². The molecule has 6 nitrogen and oxygen atoms in total. The molecule has 2 rings (SSSR count). The molecule has 0 radical (unpaired) electrons. The number of aliphatic carboxylic acids is 2. The fourth-order valence-corrected chi connectivity index (χ4v) is 4.58. The maximum absolute atomic E-state index is 13.4. The second-order valence-corrected chi connectivity index (χ2v) is 7.64. The summed E-state index contributed by atoms with van der Waals surface area (Å²) in [4.78, 5) is 22.3. The number of carbonyl (C=O) groups is 2. The van der Waals surface area contributed by atoms with Crippen LogP contribution in [0.1, 0.15) is 6.42 Å². The van der Waals surface area contributed by atoms with Crippen molar-refractivity contribution in [2.24, 2.45) is 5.92 Å². The second-order valence-electron chi connectivity index (χ2n) is 5.23. The van der Waals surface area contributed by atoms with Gasteiger partial charge in [-0.2, -0.15) is 0 Å². The quantitative estimate of drug-likeness (QED) is 0.712. The normalized spacial score (nSPS) is 14.3. The summed E-state index contributed by atoms with van der Waals surface area (Å²) in [5.41, 5.74) is 0. The first-order chi connectivity index (χ1) is 11.4. The van der Waals surface area contributed by atoms with Crippen LogP contribution in [0.4, 0.5) is 0 Å². The molecule has 0 heterocycles. The first-order valence-electron chi connectivity index (χ1n) is 7.24. The molecule has 2 unspecified atom stereocenters. The van der Waals surface area contributed by atoms with Crippen LogP contribution in [-0.4, -0.2) is 28.3 Å². The summed E-state index contributed by atoms with van der Waals surface area (Å²) < 4.78 is 19.1. The Balaban J connectivity index is 2.37. The molecular formula is C17H17O6P. The first-order valence-corrected chi connectivity index (χ1v) is 9.05. The number of benzene rings is 2. The number of carboxylic acids is 2. The van der Waals surface area contributed by atoms with Gasteiger partial charge < -0.3 is 14.7 Å². The standard InChI is InChI=1S/C17H17O6P/c18-16(19)11-13(17(20)21)12-24(22,15-9-5-2-6-10-15)23-14-7-3-1-4-8-14/h1-10,13H,11-12H2,(H,18,19)(H,20,21). The maximum Gasteiger partial charge on any atom is 0.307 e. The van der Waals surface area contributed by atoms with E-state index < -0.39 is 37.8 Å². The van der Waals surface area contributed by atoms with Crippen molar-refractivity contribution in [2.45, 2.75) is 6.42 Å². The summed E-state index contributed by atoms with van der Waals surface area (Å²) in [5.74, 6) is -3.55. The smallest absolute Gasteiger partial charge is 0.307 e. The molecule has 0 saturated heterocycles. The summed E-state index contributed by atoms with van der Waals surface area (Å²) >= 11 is 0. The van der Waals surface area contributed by atoms with E-state index in [0.29, 0.717) is 11.1 Å². The minimum absolute atomic E-state index is 0.337. The minimum atomic E-state index is -3.60. The topological polar surface area (TPSA) is 101 Å². The van der Waals surface area contributed by atoms with Crippen LogP contribution in [0, 0.1) is 5.92 Å². The van der Waals surface area contributed by atoms with Gasteiger partial charge in [-0.25, -0.2) is 0 Å². The van der Waals surface area contributed by atoms with Crippen LogP contribution in [0.2, 0.25) is 0 Å². The zero-order valence-corrected chi connectivity index (χ0v) is 13.6. The second kappa shape index (κ2) is 7.79. The lowest BCUT2D eigenvalue weighted by Gasteiger charge is -2.22. The van der Waals surface area contributed by atoms with Crippen molar-refractivity contribution in [3.05, 3.63) is 60.7 Å². The molecule has 2 aromatic carbocycles. The van der Waals surface area contributed by atoms with E-state index in [1.165, 1.54) is 0 Å². The fourth-order valence-electron chi connectivity index (χ4n) is 2.23. The summed E-state index contributed by atoms with van der Waals surface area (Å²) in [6, 6.07) is 16.7. The highest BCUT2D eigenvalue weighted by molar-refractivity contribution is 7.67. The van der Waals surface area contributed by atoms with Gasteiger partial charge in [0.25, 0.3) is 7.37 Å². The van der Waals surface area contributed by atoms with Crippen molar-refractivity contribution in [3.8, 4) is 5.75 Å². The van der Waals surface area contributed by atoms with Gasteiger partial charge in [0.2, 0.25) is 0 Å². The minimum Gasteiger partial charge on any atom is -0.481 e. The van der Waals surface area contributed by atoms with Gasteiger partial charge in [-0.15, -0.1) is 0 Å². The van der Waals surface area contributed by atoms with E-state index in [-0.39, 0.29) is 0 Å². The average molecular weight is 348 g/mol. The molecule has 0 bridgehead atoms. The van der Waals surface area contributed by atoms with Crippen molar-refractivity contribution < 1.29 is 28.9 Å². The molecule has 2 atom stereocenters. The molecule has 0 aromatic heterocycles. The van der Waals surface area contributed by atoms with Crippen molar-refractivity contribution in [2.75, 3.05) is 6.16 Å². The highest BCUT2D eigenvalue weighted by atomic mass is 31.2. The van der Waals surface area contributed by atoms with E-state index in [1.54, 1.807) is 60.7 Å². The molecule has 0 saturated carbocycles. The molecule has 7 heteroatoms. The van der Waals surface area contributed by atoms with E-state index in [0.717, 1.165) is 0 Å². The van der Waals surface area contributed by atoms with Crippen molar-refractivity contribution >= 4 is 24.6 Å². The molecule has 0 amide bonds. The van der Waals surface area contributed by atoms with Gasteiger partial charge in [-0.05, 0) is 24.3 Å². The average Bonchev–Trinajstić information content (AvgIpc) is 2.55. The van der Waals surface area contributed by atoms with Crippen molar-refractivity contribution in [3.63, 3.8) is 0 Å². The molecule has 2 N–H and O–H groups in total. The Labute approximate surface area is 139 Å². The molecule has 24 heavy (non-hydrogen) atoms. The highest BCUT2D eigenvalue weighted by Gasteiger charge is 2.35. The van der Waals surface area contributed by atoms with Crippen molar-refractivity contribution in [1.29, 1.82) is 0 Å². The third-order valence-corrected chi connectivity index (χ3v) is 5.89. The number of rotatable bonds is 8. The van der Waals surface area contributed by atoms with Gasteiger partial charge in [0, 0.05) is 5.30 Å². The summed E-state index contributed by atoms with van der Waals surface area (Å²) in [7, 11) is -3.60. The Kier molecular flexibility index (Phi) is 5.77. The Morgan fingerprint density at radius 1 is 0.958 bits per heavy atom. The van der Waals surface area contributed by atoms with E-state index in [4.69, 9.17) is 9.63 Å². The Morgan fingerprint density at radius 3 is 2.00 bits per heavy atom. The van der Waals surface area contributed by atoms with Crippen molar-refractivity contribution in [1.82, 2.24) is 0 Å². The van der Waals surface area contributed by atoms with Crippen LogP contribution in [0.3, 0.4) is 0 Å². The molecule has 0 fully saturated rings. The van der Waals surface area contributed by atoms with Crippen LogP contribution in [0.5, 0.6) is 5.75 Å². The van der Waals surface area contributed by atoms with E-state index in [2.05, 4.69) is 0 Å². The zero-order chi connectivity index (χ0) is 17.6. The molecule has 0 aliphatic carbocycles. The van der Waals surface area contributed by atoms with E-state index in [1.807, 2.05) is 0 Å². The maximum atomic E-state index is 13.4. The summed E-state index contributed by atoms with van der Waals surface area (Å²) in [6.07, 6.45) is -1.02. The molecule has 126 valence electrons. The number of hydrogen-bond acceptors (Lipinski definition) is 4. The molecule has 2 aromatic rings. The Hall–Kier alpha value is -2.59. The van der Waals surface area contributed by atoms with E-state index in [9.17, 15) is 19.3 Å². The monoisotopic (exact) mass is 348 g/mol. The SMILES string of the molecule is O=C(O)CC(CP(=O)(Oc1ccccc1)c1ccccc1)C(=O)O. The third kappa shape index (κ3) is 4.70. The number of para-hydroxylation sites is 1. The predicted octanol–water partition coefficient (Wildman–Crippen LogP) is 2.84. The summed E-state index contributed by atoms with van der Waals surface area (Å²) in [6.45, 7) is 0. The van der Waals surface area contributed by atoms with E-state index >= 15 is 0 Å². The van der Waals surface area contributed by atoms with Crippen LogP contribution >= 0.6 is 7.37 Å². The Morgan fingerprint density at radius 2 is 1.50 bits per heavy atom. The van der Waals surface area contributed by atoms with Gasteiger partial charge in [-0.1, -0.05) is 36.4 Å². The zero-order valence-electron chi connectivity index (χ0n) is 12.7. The Bertz CT molecular complexity index is 744. The lowest BCUT2D eigenvalue weighted by molar-refractivity contribution is -0.147. The summed E-state index contributed by atoms with van der Waals surface area (Å²) in [5, 5.41) is 18.5. The number of hydrogen-bond donors (Lipinski definition) is 2. The molecule has 0 aliphatic rings. The third-order valence-electron chi connectivity index (χ3n) is 3.38. The largest absolute Gasteiger partial charge is 0.481 e. The molecule has 0 aliphatic heterocycles. The lowest BCUT2D eigenvalue weighted by atomic mass is 10.1.